The SMILES string of the molecule is CNc1cc(O)c2c(c1)C=CCCCC(=O)C(F)C=CCOC2=O. The fraction of sp³-hybridized carbons (Fsp3) is 0.333. The van der Waals surface area contributed by atoms with E-state index in [2.05, 4.69) is 5.32 Å². The molecule has 0 aliphatic carbocycles. The molecule has 0 saturated carbocycles. The zero-order valence-electron chi connectivity index (χ0n) is 13.4. The largest absolute Gasteiger partial charge is 0.507 e. The zero-order valence-corrected chi connectivity index (χ0v) is 13.4. The molecule has 24 heavy (non-hydrogen) atoms. The molecule has 1 aromatic carbocycles. The second kappa shape index (κ2) is 8.29. The minimum Gasteiger partial charge on any atom is -0.507 e. The van der Waals surface area contributed by atoms with Gasteiger partial charge in [0.25, 0.3) is 0 Å². The molecule has 0 fully saturated rings. The van der Waals surface area contributed by atoms with E-state index in [0.29, 0.717) is 24.1 Å². The van der Waals surface area contributed by atoms with Crippen molar-refractivity contribution in [1.82, 2.24) is 0 Å². The average molecular weight is 333 g/mol. The van der Waals surface area contributed by atoms with Crippen molar-refractivity contribution in [3.8, 4) is 5.75 Å². The molecule has 0 spiro atoms. The van der Waals surface area contributed by atoms with Crippen LogP contribution in [0.3, 0.4) is 0 Å². The number of hydrogen-bond acceptors (Lipinski definition) is 5. The quantitative estimate of drug-likeness (QED) is 0.609. The Balaban J connectivity index is 2.34. The summed E-state index contributed by atoms with van der Waals surface area (Å²) in [6.07, 6.45) is 5.38. The highest BCUT2D eigenvalue weighted by molar-refractivity contribution is 5.97. The number of fused-ring (bicyclic) bond motifs is 1. The maximum atomic E-state index is 13.6. The van der Waals surface area contributed by atoms with Crippen molar-refractivity contribution >= 4 is 23.5 Å². The molecule has 1 unspecified atom stereocenters. The molecular weight excluding hydrogens is 313 g/mol. The Morgan fingerprint density at radius 1 is 1.29 bits per heavy atom. The van der Waals surface area contributed by atoms with E-state index in [9.17, 15) is 19.1 Å². The molecule has 2 rings (SSSR count). The number of aromatic hydroxyl groups is 1. The third-order valence-electron chi connectivity index (χ3n) is 3.66. The van der Waals surface area contributed by atoms with Crippen molar-refractivity contribution in [3.05, 3.63) is 41.5 Å². The third-order valence-corrected chi connectivity index (χ3v) is 3.66. The molecule has 0 radical (unpaired) electrons. The molecule has 1 heterocycles. The standard InChI is InChI=1S/C18H20FNO4/c1-20-13-10-12-6-3-2-4-8-15(21)14(19)7-5-9-24-18(23)17(12)16(22)11-13/h3,5-7,10-11,14,20,22H,2,4,8-9H2,1H3. The number of cyclic esters (lactones) is 1. The minimum atomic E-state index is -1.69. The van der Waals surface area contributed by atoms with Gasteiger partial charge in [0.2, 0.25) is 0 Å². The number of hydrogen-bond donors (Lipinski definition) is 2. The summed E-state index contributed by atoms with van der Waals surface area (Å²) in [5.74, 6) is -1.39. The molecule has 6 heteroatoms. The topological polar surface area (TPSA) is 75.6 Å². The molecule has 5 nitrogen and oxygen atoms in total. The van der Waals surface area contributed by atoms with Crippen LogP contribution in [0, 0.1) is 0 Å². The normalized spacial score (nSPS) is 19.3. The van der Waals surface area contributed by atoms with Gasteiger partial charge in [0, 0.05) is 25.2 Å². The number of anilines is 1. The van der Waals surface area contributed by atoms with Gasteiger partial charge in [0.15, 0.2) is 12.0 Å². The molecule has 1 aliphatic rings. The van der Waals surface area contributed by atoms with Crippen molar-refractivity contribution in [3.63, 3.8) is 0 Å². The number of phenols is 1. The molecule has 0 amide bonds. The Morgan fingerprint density at radius 3 is 2.83 bits per heavy atom. The number of carbonyl (C=O) groups is 2. The Hall–Kier alpha value is -2.63. The van der Waals surface area contributed by atoms with Crippen LogP contribution >= 0.6 is 0 Å². The van der Waals surface area contributed by atoms with E-state index in [1.165, 1.54) is 12.1 Å². The molecule has 128 valence electrons. The Labute approximate surface area is 139 Å². The van der Waals surface area contributed by atoms with E-state index in [4.69, 9.17) is 4.74 Å². The minimum absolute atomic E-state index is 0.0589. The molecule has 0 bridgehead atoms. The van der Waals surface area contributed by atoms with Crippen molar-refractivity contribution in [2.45, 2.75) is 25.4 Å². The summed E-state index contributed by atoms with van der Waals surface area (Å²) in [6, 6.07) is 3.15. The van der Waals surface area contributed by atoms with Crippen LogP contribution in [-0.2, 0) is 9.53 Å². The van der Waals surface area contributed by atoms with Gasteiger partial charge in [-0.25, -0.2) is 9.18 Å². The van der Waals surface area contributed by atoms with Crippen LogP contribution < -0.4 is 5.32 Å². The smallest absolute Gasteiger partial charge is 0.342 e. The van der Waals surface area contributed by atoms with Gasteiger partial charge in [-0.05, 0) is 36.6 Å². The number of halogens is 1. The first-order valence-electron chi connectivity index (χ1n) is 7.74. The lowest BCUT2D eigenvalue weighted by molar-refractivity contribution is -0.122. The summed E-state index contributed by atoms with van der Waals surface area (Å²) in [4.78, 5) is 23.8. The van der Waals surface area contributed by atoms with E-state index in [1.807, 2.05) is 0 Å². The van der Waals surface area contributed by atoms with Gasteiger partial charge in [-0.2, -0.15) is 0 Å². The second-order valence-corrected chi connectivity index (χ2v) is 5.40. The van der Waals surface area contributed by atoms with Crippen LogP contribution in [-0.4, -0.2) is 36.7 Å². The van der Waals surface area contributed by atoms with Gasteiger partial charge in [-0.3, -0.25) is 4.79 Å². The van der Waals surface area contributed by atoms with Crippen LogP contribution in [0.5, 0.6) is 5.75 Å². The number of nitrogens with one attached hydrogen (secondary N) is 1. The summed E-state index contributed by atoms with van der Waals surface area (Å²) < 4.78 is 18.6. The molecule has 1 aliphatic heterocycles. The van der Waals surface area contributed by atoms with Gasteiger partial charge < -0.3 is 15.2 Å². The molecule has 1 atom stereocenters. The van der Waals surface area contributed by atoms with Gasteiger partial charge in [-0.15, -0.1) is 0 Å². The lowest BCUT2D eigenvalue weighted by atomic mass is 10.0. The number of esters is 1. The van der Waals surface area contributed by atoms with Crippen LogP contribution in [0.15, 0.2) is 30.4 Å². The first-order chi connectivity index (χ1) is 11.5. The maximum Gasteiger partial charge on any atom is 0.342 e. The van der Waals surface area contributed by atoms with Crippen molar-refractivity contribution in [1.29, 1.82) is 0 Å². The highest BCUT2D eigenvalue weighted by Crippen LogP contribution is 2.28. The van der Waals surface area contributed by atoms with Crippen LogP contribution in [0.25, 0.3) is 6.08 Å². The zero-order chi connectivity index (χ0) is 17.5. The molecule has 1 aromatic rings. The summed E-state index contributed by atoms with van der Waals surface area (Å²) >= 11 is 0. The van der Waals surface area contributed by atoms with Crippen LogP contribution in [0.2, 0.25) is 0 Å². The number of rotatable bonds is 1. The first kappa shape index (κ1) is 17.7. The number of ether oxygens (including phenoxy) is 1. The number of benzene rings is 1. The van der Waals surface area contributed by atoms with Crippen molar-refractivity contribution < 1.29 is 23.8 Å². The lowest BCUT2D eigenvalue weighted by Gasteiger charge is -2.11. The van der Waals surface area contributed by atoms with Gasteiger partial charge in [0.1, 0.15) is 17.9 Å². The summed E-state index contributed by atoms with van der Waals surface area (Å²) in [5, 5.41) is 13.0. The van der Waals surface area contributed by atoms with E-state index < -0.39 is 17.9 Å². The second-order valence-electron chi connectivity index (χ2n) is 5.40. The Bertz CT molecular complexity index is 682. The van der Waals surface area contributed by atoms with Crippen molar-refractivity contribution in [2.24, 2.45) is 0 Å². The van der Waals surface area contributed by atoms with E-state index in [0.717, 1.165) is 6.08 Å². The molecule has 2 N–H and O–H groups in total. The number of allylic oxidation sites excluding steroid dienone is 2. The van der Waals surface area contributed by atoms with Gasteiger partial charge in [0.05, 0.1) is 0 Å². The van der Waals surface area contributed by atoms with Crippen molar-refractivity contribution in [2.75, 3.05) is 19.0 Å². The fourth-order valence-corrected chi connectivity index (χ4v) is 2.37. The lowest BCUT2D eigenvalue weighted by Crippen LogP contribution is -2.13. The highest BCUT2D eigenvalue weighted by atomic mass is 19.1. The van der Waals surface area contributed by atoms with Gasteiger partial charge >= 0.3 is 5.97 Å². The number of phenolic OH excluding ortho intramolecular Hbond substituents is 1. The Kier molecular flexibility index (Phi) is 6.12. The molecule has 0 saturated heterocycles. The number of alkyl halides is 1. The van der Waals surface area contributed by atoms with E-state index in [-0.39, 0.29) is 24.3 Å². The average Bonchev–Trinajstić information content (AvgIpc) is 2.56. The molecular formula is C18H20FNO4. The number of Topliss-reactive ketones (excluding diaryl/α,β-unsaturated/α-hetero) is 1. The van der Waals surface area contributed by atoms with Crippen LogP contribution in [0.4, 0.5) is 10.1 Å². The van der Waals surface area contributed by atoms with Gasteiger partial charge in [-0.1, -0.05) is 12.2 Å². The summed E-state index contributed by atoms with van der Waals surface area (Å²) in [7, 11) is 1.70. The number of carbonyl (C=O) groups excluding carboxylic acids is 2. The monoisotopic (exact) mass is 333 g/mol. The third kappa shape index (κ3) is 4.44. The number of ketones is 1. The highest BCUT2D eigenvalue weighted by Gasteiger charge is 2.18. The van der Waals surface area contributed by atoms with E-state index in [1.54, 1.807) is 25.3 Å². The molecule has 0 aromatic heterocycles. The maximum absolute atomic E-state index is 13.6. The summed E-state index contributed by atoms with van der Waals surface area (Å²) in [5.41, 5.74) is 1.23. The predicted octanol–water partition coefficient (Wildman–Crippen LogP) is 3.25. The first-order valence-corrected chi connectivity index (χ1v) is 7.74. The van der Waals surface area contributed by atoms with E-state index >= 15 is 0 Å². The summed E-state index contributed by atoms with van der Waals surface area (Å²) in [6.45, 7) is -0.178. The fourth-order valence-electron chi connectivity index (χ4n) is 2.37. The predicted molar refractivity (Wildman–Crippen MR) is 89.9 cm³/mol. The van der Waals surface area contributed by atoms with Crippen LogP contribution in [0.1, 0.15) is 35.2 Å². The Morgan fingerprint density at radius 2 is 2.08 bits per heavy atom.